The highest BCUT2D eigenvalue weighted by molar-refractivity contribution is 7.09. The van der Waals surface area contributed by atoms with Crippen LogP contribution in [0.15, 0.2) is 48.5 Å². The SMILES string of the molecule is CC(C)c1ccc(N(C(=O)c2snc(C(N)=O)c2N)[C@@H](C(=O)NC[C@H]2CCCO2)c2ccc(N(C)C)cc2)cc1. The summed E-state index contributed by atoms with van der Waals surface area (Å²) in [4.78, 5) is 43.4. The Morgan fingerprint density at radius 1 is 1.05 bits per heavy atom. The van der Waals surface area contributed by atoms with Crippen LogP contribution in [-0.2, 0) is 9.53 Å². The van der Waals surface area contributed by atoms with Crippen LogP contribution in [0.2, 0.25) is 0 Å². The lowest BCUT2D eigenvalue weighted by Crippen LogP contribution is -2.45. The summed E-state index contributed by atoms with van der Waals surface area (Å²) in [6.45, 7) is 5.15. The number of nitrogen functional groups attached to an aromatic ring is 1. The average molecular weight is 565 g/mol. The third-order valence-electron chi connectivity index (χ3n) is 6.97. The Labute approximate surface area is 238 Å². The van der Waals surface area contributed by atoms with Gasteiger partial charge in [-0.3, -0.25) is 19.3 Å². The normalized spacial score (nSPS) is 15.6. The van der Waals surface area contributed by atoms with Crippen LogP contribution in [0.5, 0.6) is 0 Å². The molecule has 2 aromatic carbocycles. The predicted octanol–water partition coefficient (Wildman–Crippen LogP) is 3.70. The topological polar surface area (TPSA) is 144 Å². The van der Waals surface area contributed by atoms with Crippen LogP contribution in [0, 0.1) is 0 Å². The Bertz CT molecular complexity index is 1350. The zero-order valence-electron chi connectivity index (χ0n) is 23.2. The molecule has 0 bridgehead atoms. The highest BCUT2D eigenvalue weighted by atomic mass is 32.1. The molecule has 0 saturated carbocycles. The van der Waals surface area contributed by atoms with Gasteiger partial charge in [0.2, 0.25) is 5.91 Å². The smallest absolute Gasteiger partial charge is 0.273 e. The molecular formula is C29H36N6O4S. The van der Waals surface area contributed by atoms with Gasteiger partial charge in [-0.15, -0.1) is 0 Å². The van der Waals surface area contributed by atoms with Gasteiger partial charge in [0.1, 0.15) is 10.9 Å². The monoisotopic (exact) mass is 564 g/mol. The minimum Gasteiger partial charge on any atom is -0.395 e. The van der Waals surface area contributed by atoms with Crippen LogP contribution >= 0.6 is 11.5 Å². The van der Waals surface area contributed by atoms with E-state index in [4.69, 9.17) is 16.2 Å². The van der Waals surface area contributed by atoms with E-state index in [1.807, 2.05) is 67.5 Å². The molecule has 3 aromatic rings. The molecule has 1 fully saturated rings. The molecule has 1 aromatic heterocycles. The van der Waals surface area contributed by atoms with Gasteiger partial charge in [0.05, 0.1) is 11.8 Å². The summed E-state index contributed by atoms with van der Waals surface area (Å²) in [5, 5.41) is 3.00. The summed E-state index contributed by atoms with van der Waals surface area (Å²) >= 11 is 0.783. The van der Waals surface area contributed by atoms with Crippen molar-refractivity contribution in [2.45, 2.75) is 44.8 Å². The number of hydrogen-bond acceptors (Lipinski definition) is 8. The van der Waals surface area contributed by atoms with Crippen LogP contribution in [0.3, 0.4) is 0 Å². The number of benzene rings is 2. The van der Waals surface area contributed by atoms with Crippen LogP contribution in [0.25, 0.3) is 0 Å². The van der Waals surface area contributed by atoms with Crippen molar-refractivity contribution in [2.75, 3.05) is 42.8 Å². The molecule has 4 rings (SSSR count). The molecule has 0 aliphatic carbocycles. The number of nitrogens with one attached hydrogen (secondary N) is 1. The number of nitrogens with zero attached hydrogens (tertiary/aromatic N) is 3. The zero-order chi connectivity index (χ0) is 29.0. The summed E-state index contributed by atoms with van der Waals surface area (Å²) in [6, 6.07) is 13.9. The van der Waals surface area contributed by atoms with E-state index in [1.54, 1.807) is 0 Å². The Hall–Kier alpha value is -3.96. The van der Waals surface area contributed by atoms with Gasteiger partial charge >= 0.3 is 0 Å². The average Bonchev–Trinajstić information content (AvgIpc) is 3.60. The molecule has 5 N–H and O–H groups in total. The molecule has 1 saturated heterocycles. The Morgan fingerprint density at radius 2 is 1.68 bits per heavy atom. The molecule has 212 valence electrons. The maximum absolute atomic E-state index is 14.2. The van der Waals surface area contributed by atoms with Crippen molar-refractivity contribution in [3.8, 4) is 0 Å². The molecule has 0 spiro atoms. The van der Waals surface area contributed by atoms with E-state index in [0.717, 1.165) is 35.6 Å². The van der Waals surface area contributed by atoms with Crippen LogP contribution in [0.1, 0.15) is 69.9 Å². The molecule has 0 unspecified atom stereocenters. The van der Waals surface area contributed by atoms with E-state index in [-0.39, 0.29) is 34.2 Å². The Morgan fingerprint density at radius 3 is 2.20 bits per heavy atom. The first-order valence-corrected chi connectivity index (χ1v) is 14.0. The molecule has 11 heteroatoms. The number of nitrogens with two attached hydrogens (primary N) is 2. The van der Waals surface area contributed by atoms with E-state index >= 15 is 0 Å². The molecule has 1 aliphatic heterocycles. The van der Waals surface area contributed by atoms with Gasteiger partial charge < -0.3 is 26.4 Å². The number of anilines is 3. The van der Waals surface area contributed by atoms with Gasteiger partial charge in [-0.1, -0.05) is 38.1 Å². The quantitative estimate of drug-likeness (QED) is 0.341. The fraction of sp³-hybridized carbons (Fsp3) is 0.379. The number of carbonyl (C=O) groups is 3. The Balaban J connectivity index is 1.82. The lowest BCUT2D eigenvalue weighted by Gasteiger charge is -2.32. The maximum Gasteiger partial charge on any atom is 0.273 e. The van der Waals surface area contributed by atoms with Crippen molar-refractivity contribution in [3.63, 3.8) is 0 Å². The molecule has 3 amide bonds. The van der Waals surface area contributed by atoms with Gasteiger partial charge in [-0.25, -0.2) is 0 Å². The van der Waals surface area contributed by atoms with E-state index in [2.05, 4.69) is 23.5 Å². The largest absolute Gasteiger partial charge is 0.395 e. The van der Waals surface area contributed by atoms with Crippen molar-refractivity contribution >= 4 is 46.3 Å². The second-order valence-electron chi connectivity index (χ2n) is 10.3. The Kier molecular flexibility index (Phi) is 9.06. The maximum atomic E-state index is 14.2. The third kappa shape index (κ3) is 6.26. The zero-order valence-corrected chi connectivity index (χ0v) is 24.0. The molecule has 10 nitrogen and oxygen atoms in total. The molecular weight excluding hydrogens is 528 g/mol. The van der Waals surface area contributed by atoms with Crippen LogP contribution in [0.4, 0.5) is 17.1 Å². The third-order valence-corrected chi connectivity index (χ3v) is 7.82. The van der Waals surface area contributed by atoms with Crippen LogP contribution < -0.4 is 26.6 Å². The molecule has 1 aliphatic rings. The van der Waals surface area contributed by atoms with E-state index < -0.39 is 17.9 Å². The minimum absolute atomic E-state index is 0.0311. The van der Waals surface area contributed by atoms with Crippen molar-refractivity contribution in [1.29, 1.82) is 0 Å². The van der Waals surface area contributed by atoms with Crippen LogP contribution in [-0.4, -0.2) is 55.4 Å². The van der Waals surface area contributed by atoms with Gasteiger partial charge in [-0.2, -0.15) is 4.37 Å². The number of ether oxygens (including phenoxy) is 1. The number of aromatic nitrogens is 1. The first-order valence-electron chi connectivity index (χ1n) is 13.2. The van der Waals surface area contributed by atoms with Gasteiger partial charge in [0, 0.05) is 38.6 Å². The highest BCUT2D eigenvalue weighted by Gasteiger charge is 2.36. The molecule has 2 atom stereocenters. The fourth-order valence-electron chi connectivity index (χ4n) is 4.63. The molecule has 40 heavy (non-hydrogen) atoms. The van der Waals surface area contributed by atoms with Gasteiger partial charge in [-0.05, 0) is 65.7 Å². The summed E-state index contributed by atoms with van der Waals surface area (Å²) < 4.78 is 9.72. The summed E-state index contributed by atoms with van der Waals surface area (Å²) in [5.74, 6) is -1.48. The fourth-order valence-corrected chi connectivity index (χ4v) is 5.37. The van der Waals surface area contributed by atoms with Gasteiger partial charge in [0.15, 0.2) is 5.69 Å². The second kappa shape index (κ2) is 12.5. The lowest BCUT2D eigenvalue weighted by atomic mass is 9.99. The summed E-state index contributed by atoms with van der Waals surface area (Å²) in [6.07, 6.45) is 1.72. The number of carbonyl (C=O) groups excluding carboxylic acids is 3. The number of amides is 3. The number of rotatable bonds is 10. The van der Waals surface area contributed by atoms with Crippen molar-refractivity contribution in [2.24, 2.45) is 5.73 Å². The van der Waals surface area contributed by atoms with E-state index in [0.29, 0.717) is 24.4 Å². The lowest BCUT2D eigenvalue weighted by molar-refractivity contribution is -0.123. The molecule has 2 heterocycles. The van der Waals surface area contributed by atoms with Gasteiger partial charge in [0.25, 0.3) is 11.8 Å². The highest BCUT2D eigenvalue weighted by Crippen LogP contribution is 2.34. The number of hydrogen-bond donors (Lipinski definition) is 3. The first kappa shape index (κ1) is 29.0. The predicted molar refractivity (Wildman–Crippen MR) is 158 cm³/mol. The number of primary amides is 1. The standard InChI is InChI=1S/C29H36N6O4S/c1-17(2)18-7-13-21(14-8-18)35(29(38)26-23(30)24(27(31)36)33-40-26)25(19-9-11-20(12-10-19)34(3)4)28(37)32-16-22-6-5-15-39-22/h7-14,17,22,25H,5-6,15-16,30H2,1-4H3,(H2,31,36)(H,32,37)/t22-,25-/m1/s1. The summed E-state index contributed by atoms with van der Waals surface area (Å²) in [7, 11) is 3.85. The minimum atomic E-state index is -1.05. The van der Waals surface area contributed by atoms with Crippen molar-refractivity contribution in [3.05, 3.63) is 70.2 Å². The molecule has 0 radical (unpaired) electrons. The van der Waals surface area contributed by atoms with E-state index in [9.17, 15) is 14.4 Å². The summed E-state index contributed by atoms with van der Waals surface area (Å²) in [5.41, 5.74) is 14.4. The van der Waals surface area contributed by atoms with Crippen molar-refractivity contribution in [1.82, 2.24) is 9.69 Å². The second-order valence-corrected chi connectivity index (χ2v) is 11.1. The van der Waals surface area contributed by atoms with E-state index in [1.165, 1.54) is 4.90 Å². The first-order chi connectivity index (χ1) is 19.1. The van der Waals surface area contributed by atoms with Crippen molar-refractivity contribution < 1.29 is 19.1 Å².